The van der Waals surface area contributed by atoms with E-state index in [2.05, 4.69) is 26.3 Å². The number of nitrogens with two attached hydrogens (primary N) is 1. The van der Waals surface area contributed by atoms with E-state index in [1.807, 2.05) is 0 Å². The van der Waals surface area contributed by atoms with E-state index in [0.29, 0.717) is 17.9 Å². The standard InChI is InChI=1S/C15H23N5O/c16-15-18-11(10-3-1-2-4-10)7-14(19-15)20-8-12-13(9-20)21-6-5-17-12/h7,10,12-13,17H,1-6,8-9H2,(H2,16,18,19)/t12-,13+/m1/s1. The number of hydrogen-bond donors (Lipinski definition) is 2. The molecule has 0 spiro atoms. The lowest BCUT2D eigenvalue weighted by Gasteiger charge is -2.25. The predicted molar refractivity (Wildman–Crippen MR) is 81.4 cm³/mol. The van der Waals surface area contributed by atoms with Gasteiger partial charge in [0.15, 0.2) is 0 Å². The molecule has 2 atom stereocenters. The summed E-state index contributed by atoms with van der Waals surface area (Å²) in [5.41, 5.74) is 7.07. The van der Waals surface area contributed by atoms with E-state index >= 15 is 0 Å². The summed E-state index contributed by atoms with van der Waals surface area (Å²) in [4.78, 5) is 11.2. The van der Waals surface area contributed by atoms with Crippen LogP contribution in [0.2, 0.25) is 0 Å². The number of nitrogen functional groups attached to an aromatic ring is 1. The Morgan fingerprint density at radius 1 is 1.24 bits per heavy atom. The second-order valence-electron chi connectivity index (χ2n) is 6.37. The van der Waals surface area contributed by atoms with E-state index in [9.17, 15) is 0 Å². The van der Waals surface area contributed by atoms with Crippen molar-refractivity contribution in [2.24, 2.45) is 0 Å². The fourth-order valence-electron chi connectivity index (χ4n) is 3.84. The van der Waals surface area contributed by atoms with Crippen LogP contribution in [-0.2, 0) is 4.74 Å². The van der Waals surface area contributed by atoms with E-state index < -0.39 is 0 Å². The highest BCUT2D eigenvalue weighted by atomic mass is 16.5. The van der Waals surface area contributed by atoms with Crippen LogP contribution in [-0.4, -0.2) is 48.4 Å². The maximum Gasteiger partial charge on any atom is 0.222 e. The van der Waals surface area contributed by atoms with Crippen LogP contribution in [0.4, 0.5) is 11.8 Å². The number of rotatable bonds is 2. The van der Waals surface area contributed by atoms with E-state index in [1.54, 1.807) is 0 Å². The molecule has 1 aromatic heterocycles. The zero-order valence-electron chi connectivity index (χ0n) is 12.3. The van der Waals surface area contributed by atoms with Gasteiger partial charge in [0, 0.05) is 31.6 Å². The average molecular weight is 289 g/mol. The Morgan fingerprint density at radius 2 is 2.10 bits per heavy atom. The van der Waals surface area contributed by atoms with Crippen molar-refractivity contribution in [3.8, 4) is 0 Å². The Kier molecular flexibility index (Phi) is 3.43. The monoisotopic (exact) mass is 289 g/mol. The van der Waals surface area contributed by atoms with Gasteiger partial charge in [0.25, 0.3) is 0 Å². The first-order chi connectivity index (χ1) is 10.3. The van der Waals surface area contributed by atoms with Gasteiger partial charge in [-0.1, -0.05) is 12.8 Å². The van der Waals surface area contributed by atoms with Crippen molar-refractivity contribution in [2.45, 2.75) is 43.7 Å². The minimum atomic E-state index is 0.268. The fourth-order valence-corrected chi connectivity index (χ4v) is 3.84. The summed E-state index contributed by atoms with van der Waals surface area (Å²) >= 11 is 0. The van der Waals surface area contributed by atoms with Crippen molar-refractivity contribution in [3.63, 3.8) is 0 Å². The molecule has 4 rings (SSSR count). The van der Waals surface area contributed by atoms with E-state index in [1.165, 1.54) is 25.7 Å². The minimum Gasteiger partial charge on any atom is -0.373 e. The number of aromatic nitrogens is 2. The Bertz CT molecular complexity index is 503. The highest BCUT2D eigenvalue weighted by Gasteiger charge is 2.36. The van der Waals surface area contributed by atoms with Crippen LogP contribution in [0.5, 0.6) is 0 Å². The van der Waals surface area contributed by atoms with Crippen LogP contribution in [0.3, 0.4) is 0 Å². The lowest BCUT2D eigenvalue weighted by molar-refractivity contribution is 0.0212. The van der Waals surface area contributed by atoms with E-state index in [-0.39, 0.29) is 6.10 Å². The third-order valence-corrected chi connectivity index (χ3v) is 4.95. The summed E-state index contributed by atoms with van der Waals surface area (Å²) < 4.78 is 5.84. The van der Waals surface area contributed by atoms with Gasteiger partial charge in [-0.15, -0.1) is 0 Å². The van der Waals surface area contributed by atoms with Crippen molar-refractivity contribution in [3.05, 3.63) is 11.8 Å². The molecule has 1 aliphatic carbocycles. The molecular weight excluding hydrogens is 266 g/mol. The summed E-state index contributed by atoms with van der Waals surface area (Å²) in [5.74, 6) is 1.93. The lowest BCUT2D eigenvalue weighted by Crippen LogP contribution is -2.47. The molecule has 3 aliphatic rings. The molecule has 0 bridgehead atoms. The second kappa shape index (κ2) is 5.42. The van der Waals surface area contributed by atoms with Crippen LogP contribution in [0.1, 0.15) is 37.3 Å². The highest BCUT2D eigenvalue weighted by molar-refractivity contribution is 5.46. The van der Waals surface area contributed by atoms with Gasteiger partial charge in [0.05, 0.1) is 24.4 Å². The smallest absolute Gasteiger partial charge is 0.222 e. The van der Waals surface area contributed by atoms with Crippen LogP contribution in [0.25, 0.3) is 0 Å². The topological polar surface area (TPSA) is 76.3 Å². The third-order valence-electron chi connectivity index (χ3n) is 4.95. The van der Waals surface area contributed by atoms with Gasteiger partial charge in [-0.3, -0.25) is 0 Å². The molecule has 0 aromatic carbocycles. The predicted octanol–water partition coefficient (Wildman–Crippen LogP) is 0.893. The molecule has 6 nitrogen and oxygen atoms in total. The Labute approximate surface area is 125 Å². The molecule has 3 heterocycles. The molecule has 0 radical (unpaired) electrons. The first-order valence-electron chi connectivity index (χ1n) is 8.04. The number of nitrogens with one attached hydrogen (secondary N) is 1. The molecule has 21 heavy (non-hydrogen) atoms. The largest absolute Gasteiger partial charge is 0.373 e. The number of hydrogen-bond acceptors (Lipinski definition) is 6. The zero-order chi connectivity index (χ0) is 14.2. The Hall–Kier alpha value is -1.40. The molecule has 114 valence electrons. The molecule has 1 saturated carbocycles. The molecule has 3 N–H and O–H groups in total. The van der Waals surface area contributed by atoms with E-state index in [0.717, 1.165) is 37.8 Å². The van der Waals surface area contributed by atoms with Gasteiger partial charge in [0.2, 0.25) is 5.95 Å². The average Bonchev–Trinajstić information content (AvgIpc) is 3.16. The van der Waals surface area contributed by atoms with Gasteiger partial charge < -0.3 is 20.7 Å². The van der Waals surface area contributed by atoms with Crippen LogP contribution in [0.15, 0.2) is 6.07 Å². The maximum absolute atomic E-state index is 5.95. The lowest BCUT2D eigenvalue weighted by atomic mass is 10.0. The first kappa shape index (κ1) is 13.3. The molecule has 2 saturated heterocycles. The molecule has 3 fully saturated rings. The second-order valence-corrected chi connectivity index (χ2v) is 6.37. The maximum atomic E-state index is 5.95. The third kappa shape index (κ3) is 2.58. The summed E-state index contributed by atoms with van der Waals surface area (Å²) in [7, 11) is 0. The van der Waals surface area contributed by atoms with Crippen molar-refractivity contribution in [1.29, 1.82) is 0 Å². The molecule has 6 heteroatoms. The Balaban J connectivity index is 1.57. The number of morpholine rings is 1. The molecule has 2 aliphatic heterocycles. The van der Waals surface area contributed by atoms with Crippen molar-refractivity contribution < 1.29 is 4.74 Å². The van der Waals surface area contributed by atoms with Crippen molar-refractivity contribution in [1.82, 2.24) is 15.3 Å². The summed E-state index contributed by atoms with van der Waals surface area (Å²) in [5, 5.41) is 3.52. The summed E-state index contributed by atoms with van der Waals surface area (Å²) in [6, 6.07) is 2.55. The van der Waals surface area contributed by atoms with Gasteiger partial charge in [-0.2, -0.15) is 4.98 Å². The molecule has 0 unspecified atom stereocenters. The van der Waals surface area contributed by atoms with Crippen LogP contribution >= 0.6 is 0 Å². The number of anilines is 2. The highest BCUT2D eigenvalue weighted by Crippen LogP contribution is 2.35. The number of ether oxygens (including phenoxy) is 1. The fraction of sp³-hybridized carbons (Fsp3) is 0.733. The van der Waals surface area contributed by atoms with Crippen LogP contribution in [0, 0.1) is 0 Å². The number of nitrogens with zero attached hydrogens (tertiary/aromatic N) is 3. The first-order valence-corrected chi connectivity index (χ1v) is 8.04. The molecule has 0 amide bonds. The summed E-state index contributed by atoms with van der Waals surface area (Å²) in [6.45, 7) is 3.56. The SMILES string of the molecule is Nc1nc(C2CCCC2)cc(N2C[C@@H]3OCCN[C@@H]3C2)n1. The van der Waals surface area contributed by atoms with Crippen molar-refractivity contribution >= 4 is 11.8 Å². The quantitative estimate of drug-likeness (QED) is 0.842. The van der Waals surface area contributed by atoms with Gasteiger partial charge in [-0.25, -0.2) is 4.98 Å². The van der Waals surface area contributed by atoms with Gasteiger partial charge in [-0.05, 0) is 12.8 Å². The zero-order valence-corrected chi connectivity index (χ0v) is 12.3. The summed E-state index contributed by atoms with van der Waals surface area (Å²) in [6.07, 6.45) is 5.33. The van der Waals surface area contributed by atoms with Crippen molar-refractivity contribution in [2.75, 3.05) is 36.9 Å². The van der Waals surface area contributed by atoms with Gasteiger partial charge in [0.1, 0.15) is 5.82 Å². The molecule has 1 aromatic rings. The number of fused-ring (bicyclic) bond motifs is 1. The van der Waals surface area contributed by atoms with Crippen LogP contribution < -0.4 is 16.0 Å². The van der Waals surface area contributed by atoms with Gasteiger partial charge >= 0.3 is 0 Å². The minimum absolute atomic E-state index is 0.268. The Morgan fingerprint density at radius 3 is 2.90 bits per heavy atom. The normalized spacial score (nSPS) is 29.8. The van der Waals surface area contributed by atoms with E-state index in [4.69, 9.17) is 10.5 Å². The molecular formula is C15H23N5O.